The predicted octanol–water partition coefficient (Wildman–Crippen LogP) is 5.14. The van der Waals surface area contributed by atoms with Crippen LogP contribution in [0.15, 0.2) is 71.2 Å². The van der Waals surface area contributed by atoms with E-state index in [1.807, 2.05) is 12.4 Å². The Labute approximate surface area is 187 Å². The number of H-pyrrole nitrogens is 2. The molecule has 0 radical (unpaired) electrons. The number of aromatic nitrogens is 6. The van der Waals surface area contributed by atoms with Crippen LogP contribution in [0.25, 0.3) is 10.9 Å². The molecule has 2 N–H and O–H groups in total. The molecule has 0 aliphatic rings. The Morgan fingerprint density at radius 2 is 1.81 bits per heavy atom. The normalized spacial score (nSPS) is 11.4. The van der Waals surface area contributed by atoms with Crippen LogP contribution < -0.4 is 0 Å². The van der Waals surface area contributed by atoms with Gasteiger partial charge in [0.2, 0.25) is 0 Å². The number of hydrogen-bond donors (Lipinski definition) is 2. The Morgan fingerprint density at radius 1 is 0.969 bits per heavy atom. The van der Waals surface area contributed by atoms with Crippen LogP contribution in [0.3, 0.4) is 0 Å². The van der Waals surface area contributed by atoms with Crippen molar-refractivity contribution in [3.05, 3.63) is 89.9 Å². The molecule has 5 rings (SSSR count). The van der Waals surface area contributed by atoms with Crippen molar-refractivity contribution >= 4 is 22.7 Å². The minimum atomic E-state index is -0.273. The van der Waals surface area contributed by atoms with Crippen molar-refractivity contribution in [2.45, 2.75) is 35.9 Å². The van der Waals surface area contributed by atoms with Gasteiger partial charge in [0, 0.05) is 41.2 Å². The molecule has 0 aliphatic heterocycles. The molecule has 6 nitrogen and oxygen atoms in total. The summed E-state index contributed by atoms with van der Waals surface area (Å²) in [6, 6.07) is 11.1. The van der Waals surface area contributed by atoms with E-state index in [0.717, 1.165) is 57.4 Å². The highest BCUT2D eigenvalue weighted by Crippen LogP contribution is 2.29. The van der Waals surface area contributed by atoms with Crippen LogP contribution in [0.2, 0.25) is 0 Å². The molecule has 0 bridgehead atoms. The molecule has 0 fully saturated rings. The van der Waals surface area contributed by atoms with Gasteiger partial charge in [0.1, 0.15) is 17.5 Å². The second kappa shape index (κ2) is 8.96. The SMILES string of the molecule is Fc1ccc(Sc2nnc(Cc3c[nH]c4cc(F)ccc34)n2CCCc2c[nH]cn2)cc1. The van der Waals surface area contributed by atoms with Crippen LogP contribution in [0, 0.1) is 11.6 Å². The van der Waals surface area contributed by atoms with Gasteiger partial charge in [-0.1, -0.05) is 0 Å². The topological polar surface area (TPSA) is 75.2 Å². The number of imidazole rings is 1. The molecule has 0 spiro atoms. The lowest BCUT2D eigenvalue weighted by molar-refractivity contribution is 0.572. The summed E-state index contributed by atoms with van der Waals surface area (Å²) in [5.74, 6) is 0.276. The summed E-state index contributed by atoms with van der Waals surface area (Å²) >= 11 is 1.45. The monoisotopic (exact) mass is 450 g/mol. The molecule has 0 atom stereocenters. The lowest BCUT2D eigenvalue weighted by Crippen LogP contribution is -2.07. The minimum absolute atomic E-state index is 0.272. The molecule has 0 amide bonds. The lowest BCUT2D eigenvalue weighted by atomic mass is 10.1. The van der Waals surface area contributed by atoms with Crippen LogP contribution in [-0.4, -0.2) is 29.7 Å². The largest absolute Gasteiger partial charge is 0.361 e. The third-order valence-corrected chi connectivity index (χ3v) is 6.26. The molecule has 0 saturated carbocycles. The maximum Gasteiger partial charge on any atom is 0.196 e. The van der Waals surface area contributed by atoms with Gasteiger partial charge in [-0.15, -0.1) is 10.2 Å². The first-order valence-corrected chi connectivity index (χ1v) is 11.1. The van der Waals surface area contributed by atoms with Crippen LogP contribution in [0.5, 0.6) is 0 Å². The Balaban J connectivity index is 1.42. The predicted molar refractivity (Wildman–Crippen MR) is 119 cm³/mol. The average molecular weight is 451 g/mol. The number of hydrogen-bond acceptors (Lipinski definition) is 4. The summed E-state index contributed by atoms with van der Waals surface area (Å²) in [5, 5.41) is 10.6. The van der Waals surface area contributed by atoms with E-state index in [0.29, 0.717) is 6.42 Å². The van der Waals surface area contributed by atoms with Crippen LogP contribution in [0.1, 0.15) is 23.5 Å². The molecule has 2 aromatic carbocycles. The third-order valence-electron chi connectivity index (χ3n) is 5.26. The molecule has 3 heterocycles. The average Bonchev–Trinajstić information content (AvgIpc) is 3.52. The van der Waals surface area contributed by atoms with Crippen LogP contribution in [0.4, 0.5) is 8.78 Å². The zero-order chi connectivity index (χ0) is 21.9. The fourth-order valence-corrected chi connectivity index (χ4v) is 4.55. The van der Waals surface area contributed by atoms with Gasteiger partial charge in [0.05, 0.1) is 12.0 Å². The molecule has 0 saturated heterocycles. The van der Waals surface area contributed by atoms with Crippen molar-refractivity contribution in [1.29, 1.82) is 0 Å². The van der Waals surface area contributed by atoms with Gasteiger partial charge < -0.3 is 14.5 Å². The number of nitrogens with one attached hydrogen (secondary N) is 2. The first kappa shape index (κ1) is 20.4. The Hall–Kier alpha value is -3.46. The summed E-state index contributed by atoms with van der Waals surface area (Å²) in [7, 11) is 0. The number of halogens is 2. The second-order valence-corrected chi connectivity index (χ2v) is 8.49. The quantitative estimate of drug-likeness (QED) is 0.343. The standard InChI is InChI=1S/C23H20F2N6S/c24-16-3-6-19(7-4-16)32-23-30-29-22(31(23)9-1-2-18-13-26-14-28-18)10-15-12-27-21-11-17(25)5-8-20(15)21/h3-8,11-14,27H,1-2,9-10H2,(H,26,28). The van der Waals surface area contributed by atoms with Gasteiger partial charge in [0.25, 0.3) is 0 Å². The van der Waals surface area contributed by atoms with E-state index >= 15 is 0 Å². The van der Waals surface area contributed by atoms with Crippen molar-refractivity contribution < 1.29 is 8.78 Å². The van der Waals surface area contributed by atoms with Gasteiger partial charge in [-0.25, -0.2) is 13.8 Å². The highest BCUT2D eigenvalue weighted by atomic mass is 32.2. The number of aryl methyl sites for hydroxylation is 1. The smallest absolute Gasteiger partial charge is 0.196 e. The summed E-state index contributed by atoms with van der Waals surface area (Å²) in [6.07, 6.45) is 7.71. The van der Waals surface area contributed by atoms with Crippen molar-refractivity contribution in [2.24, 2.45) is 0 Å². The number of nitrogens with zero attached hydrogens (tertiary/aromatic N) is 4. The number of fused-ring (bicyclic) bond motifs is 1. The first-order valence-electron chi connectivity index (χ1n) is 10.2. The number of benzene rings is 2. The molecular weight excluding hydrogens is 430 g/mol. The summed E-state index contributed by atoms with van der Waals surface area (Å²) in [6.45, 7) is 0.718. The highest BCUT2D eigenvalue weighted by molar-refractivity contribution is 7.99. The molecule has 5 aromatic rings. The minimum Gasteiger partial charge on any atom is -0.361 e. The lowest BCUT2D eigenvalue weighted by Gasteiger charge is -2.10. The van der Waals surface area contributed by atoms with E-state index in [4.69, 9.17) is 0 Å². The molecule has 0 aliphatic carbocycles. The number of rotatable bonds is 8. The van der Waals surface area contributed by atoms with E-state index in [9.17, 15) is 8.78 Å². The van der Waals surface area contributed by atoms with Crippen molar-refractivity contribution in [1.82, 2.24) is 29.7 Å². The van der Waals surface area contributed by atoms with Crippen molar-refractivity contribution in [2.75, 3.05) is 0 Å². The van der Waals surface area contributed by atoms with E-state index in [2.05, 4.69) is 29.7 Å². The van der Waals surface area contributed by atoms with E-state index in [1.54, 1.807) is 24.5 Å². The van der Waals surface area contributed by atoms with E-state index in [-0.39, 0.29) is 11.6 Å². The van der Waals surface area contributed by atoms with Gasteiger partial charge in [-0.05, 0) is 72.6 Å². The zero-order valence-corrected chi connectivity index (χ0v) is 17.9. The Bertz CT molecular complexity index is 1320. The maximum absolute atomic E-state index is 13.5. The van der Waals surface area contributed by atoms with Crippen molar-refractivity contribution in [3.8, 4) is 0 Å². The molecule has 162 valence electrons. The molecule has 9 heteroatoms. The summed E-state index contributed by atoms with van der Waals surface area (Å²) in [5.41, 5.74) is 2.79. The zero-order valence-electron chi connectivity index (χ0n) is 17.1. The van der Waals surface area contributed by atoms with Gasteiger partial charge in [0.15, 0.2) is 5.16 Å². The second-order valence-electron chi connectivity index (χ2n) is 7.45. The molecule has 32 heavy (non-hydrogen) atoms. The van der Waals surface area contributed by atoms with Crippen molar-refractivity contribution in [3.63, 3.8) is 0 Å². The third kappa shape index (κ3) is 4.43. The maximum atomic E-state index is 13.5. The van der Waals surface area contributed by atoms with Crippen LogP contribution >= 0.6 is 11.8 Å². The Morgan fingerprint density at radius 3 is 2.62 bits per heavy atom. The van der Waals surface area contributed by atoms with Gasteiger partial charge in [-0.2, -0.15) is 0 Å². The summed E-state index contributed by atoms with van der Waals surface area (Å²) < 4.78 is 28.9. The summed E-state index contributed by atoms with van der Waals surface area (Å²) in [4.78, 5) is 11.3. The fraction of sp³-hybridized carbons (Fsp3) is 0.174. The molecule has 3 aromatic heterocycles. The van der Waals surface area contributed by atoms with E-state index in [1.165, 1.54) is 36.0 Å². The number of aromatic amines is 2. The molecular formula is C23H20F2N6S. The van der Waals surface area contributed by atoms with Gasteiger partial charge in [-0.3, -0.25) is 0 Å². The van der Waals surface area contributed by atoms with Crippen LogP contribution in [-0.2, 0) is 19.4 Å². The highest BCUT2D eigenvalue weighted by Gasteiger charge is 2.16. The van der Waals surface area contributed by atoms with Gasteiger partial charge >= 0.3 is 0 Å². The van der Waals surface area contributed by atoms with E-state index < -0.39 is 0 Å². The fourth-order valence-electron chi connectivity index (χ4n) is 3.68. The first-order chi connectivity index (χ1) is 15.7. The molecule has 0 unspecified atom stereocenters. The Kier molecular flexibility index (Phi) is 5.72.